The standard InChI is InChI=1S/C15H17NO4/c1-2-3-4-13(15(18)19)16-14(17)10-5-6-11-8-20-9-12(11)7-10/h2-3,5-7,13H,4,8-9H2,1H3,(H,16,17)(H,18,19)/b3-2+. The Morgan fingerprint density at radius 2 is 2.15 bits per heavy atom. The Bertz CT molecular complexity index is 551. The van der Waals surface area contributed by atoms with Crippen molar-refractivity contribution in [1.29, 1.82) is 0 Å². The fourth-order valence-corrected chi connectivity index (χ4v) is 2.05. The number of carboxylic acids is 1. The molecule has 0 saturated carbocycles. The van der Waals surface area contributed by atoms with Gasteiger partial charge in [-0.2, -0.15) is 0 Å². The summed E-state index contributed by atoms with van der Waals surface area (Å²) < 4.78 is 5.29. The lowest BCUT2D eigenvalue weighted by molar-refractivity contribution is -0.139. The molecule has 2 rings (SSSR count). The molecule has 0 aromatic heterocycles. The SMILES string of the molecule is C/C=C/CC(NC(=O)c1ccc2c(c1)COC2)C(=O)O. The van der Waals surface area contributed by atoms with E-state index >= 15 is 0 Å². The highest BCUT2D eigenvalue weighted by Crippen LogP contribution is 2.20. The molecule has 1 aliphatic heterocycles. The van der Waals surface area contributed by atoms with Gasteiger partial charge in [-0.15, -0.1) is 0 Å². The summed E-state index contributed by atoms with van der Waals surface area (Å²) >= 11 is 0. The largest absolute Gasteiger partial charge is 0.480 e. The second-order valence-corrected chi connectivity index (χ2v) is 4.65. The van der Waals surface area contributed by atoms with Crippen molar-refractivity contribution in [3.63, 3.8) is 0 Å². The zero-order valence-corrected chi connectivity index (χ0v) is 11.3. The van der Waals surface area contributed by atoms with E-state index in [2.05, 4.69) is 5.32 Å². The molecule has 1 amide bonds. The Morgan fingerprint density at radius 1 is 1.40 bits per heavy atom. The maximum absolute atomic E-state index is 12.1. The van der Waals surface area contributed by atoms with Crippen molar-refractivity contribution in [2.45, 2.75) is 32.6 Å². The Kier molecular flexibility index (Phi) is 4.53. The van der Waals surface area contributed by atoms with E-state index in [9.17, 15) is 9.59 Å². The van der Waals surface area contributed by atoms with E-state index in [0.717, 1.165) is 11.1 Å². The van der Waals surface area contributed by atoms with Gasteiger partial charge in [0.2, 0.25) is 0 Å². The summed E-state index contributed by atoms with van der Waals surface area (Å²) in [6.45, 7) is 2.87. The average Bonchev–Trinajstić information content (AvgIpc) is 2.90. The molecule has 0 fully saturated rings. The number of ether oxygens (including phenoxy) is 1. The van der Waals surface area contributed by atoms with Crippen LogP contribution in [0.2, 0.25) is 0 Å². The number of nitrogens with one attached hydrogen (secondary N) is 1. The Morgan fingerprint density at radius 3 is 2.85 bits per heavy atom. The summed E-state index contributed by atoms with van der Waals surface area (Å²) in [5, 5.41) is 11.6. The van der Waals surface area contributed by atoms with Crippen LogP contribution in [0, 0.1) is 0 Å². The van der Waals surface area contributed by atoms with Crippen LogP contribution < -0.4 is 5.32 Å². The lowest BCUT2D eigenvalue weighted by Crippen LogP contribution is -2.40. The zero-order chi connectivity index (χ0) is 14.5. The molecule has 1 aliphatic rings. The molecule has 20 heavy (non-hydrogen) atoms. The molecule has 0 spiro atoms. The molecule has 1 aromatic carbocycles. The van der Waals surface area contributed by atoms with Crippen LogP contribution in [0.25, 0.3) is 0 Å². The average molecular weight is 275 g/mol. The number of rotatable bonds is 5. The predicted molar refractivity (Wildman–Crippen MR) is 73.3 cm³/mol. The molecule has 1 atom stereocenters. The molecule has 0 bridgehead atoms. The third-order valence-electron chi connectivity index (χ3n) is 3.19. The van der Waals surface area contributed by atoms with Crippen LogP contribution in [-0.2, 0) is 22.7 Å². The van der Waals surface area contributed by atoms with Crippen molar-refractivity contribution in [2.24, 2.45) is 0 Å². The number of amides is 1. The number of aliphatic carboxylic acids is 1. The van der Waals surface area contributed by atoms with E-state index in [1.54, 1.807) is 31.2 Å². The van der Waals surface area contributed by atoms with Crippen molar-refractivity contribution < 1.29 is 19.4 Å². The monoisotopic (exact) mass is 275 g/mol. The zero-order valence-electron chi connectivity index (χ0n) is 11.3. The minimum Gasteiger partial charge on any atom is -0.480 e. The van der Waals surface area contributed by atoms with E-state index in [-0.39, 0.29) is 12.3 Å². The molecule has 1 aromatic rings. The molecule has 106 valence electrons. The van der Waals surface area contributed by atoms with Gasteiger partial charge in [-0.05, 0) is 36.6 Å². The van der Waals surface area contributed by atoms with Gasteiger partial charge >= 0.3 is 5.97 Å². The number of carbonyl (C=O) groups is 2. The predicted octanol–water partition coefficient (Wildman–Crippen LogP) is 1.87. The fraction of sp³-hybridized carbons (Fsp3) is 0.333. The summed E-state index contributed by atoms with van der Waals surface area (Å²) in [5.41, 5.74) is 2.52. The van der Waals surface area contributed by atoms with E-state index in [1.165, 1.54) is 0 Å². The lowest BCUT2D eigenvalue weighted by atomic mass is 10.1. The summed E-state index contributed by atoms with van der Waals surface area (Å²) in [6, 6.07) is 4.38. The van der Waals surface area contributed by atoms with E-state index in [0.29, 0.717) is 18.8 Å². The van der Waals surface area contributed by atoms with Crippen LogP contribution in [0.4, 0.5) is 0 Å². The van der Waals surface area contributed by atoms with Crippen molar-refractivity contribution in [3.05, 3.63) is 47.0 Å². The van der Waals surface area contributed by atoms with Gasteiger partial charge in [0.1, 0.15) is 6.04 Å². The quantitative estimate of drug-likeness (QED) is 0.804. The fourth-order valence-electron chi connectivity index (χ4n) is 2.05. The van der Waals surface area contributed by atoms with Crippen LogP contribution >= 0.6 is 0 Å². The normalized spacial score (nSPS) is 15.1. The van der Waals surface area contributed by atoms with Gasteiger partial charge < -0.3 is 15.2 Å². The second-order valence-electron chi connectivity index (χ2n) is 4.65. The number of fused-ring (bicyclic) bond motifs is 1. The first-order valence-corrected chi connectivity index (χ1v) is 6.46. The third-order valence-corrected chi connectivity index (χ3v) is 3.19. The maximum Gasteiger partial charge on any atom is 0.326 e. The van der Waals surface area contributed by atoms with Gasteiger partial charge in [-0.1, -0.05) is 18.2 Å². The molecule has 0 saturated heterocycles. The number of carboxylic acid groups (broad SMARTS) is 1. The maximum atomic E-state index is 12.1. The summed E-state index contributed by atoms with van der Waals surface area (Å²) in [5.74, 6) is -1.42. The van der Waals surface area contributed by atoms with E-state index < -0.39 is 12.0 Å². The summed E-state index contributed by atoms with van der Waals surface area (Å²) in [4.78, 5) is 23.2. The highest BCUT2D eigenvalue weighted by molar-refractivity contribution is 5.96. The Labute approximate surface area is 117 Å². The minimum atomic E-state index is -1.04. The van der Waals surface area contributed by atoms with Gasteiger partial charge in [0.25, 0.3) is 5.91 Å². The molecule has 0 radical (unpaired) electrons. The van der Waals surface area contributed by atoms with Gasteiger partial charge in [0.05, 0.1) is 13.2 Å². The number of hydrogen-bond acceptors (Lipinski definition) is 3. The lowest BCUT2D eigenvalue weighted by Gasteiger charge is -2.13. The van der Waals surface area contributed by atoms with Gasteiger partial charge in [-0.3, -0.25) is 4.79 Å². The molecule has 2 N–H and O–H groups in total. The number of carbonyl (C=O) groups excluding carboxylic acids is 1. The Balaban J connectivity index is 2.08. The van der Waals surface area contributed by atoms with Crippen molar-refractivity contribution >= 4 is 11.9 Å². The molecule has 5 heteroatoms. The first-order valence-electron chi connectivity index (χ1n) is 6.46. The number of benzene rings is 1. The smallest absolute Gasteiger partial charge is 0.326 e. The third kappa shape index (κ3) is 3.24. The second kappa shape index (κ2) is 6.34. The Hall–Kier alpha value is -2.14. The molecular formula is C15H17NO4. The number of allylic oxidation sites excluding steroid dienone is 1. The molecule has 0 aliphatic carbocycles. The molecular weight excluding hydrogens is 258 g/mol. The highest BCUT2D eigenvalue weighted by Gasteiger charge is 2.20. The molecule has 5 nitrogen and oxygen atoms in total. The van der Waals surface area contributed by atoms with Crippen LogP contribution in [0.15, 0.2) is 30.4 Å². The summed E-state index contributed by atoms with van der Waals surface area (Å²) in [7, 11) is 0. The van der Waals surface area contributed by atoms with Gasteiger partial charge in [0.15, 0.2) is 0 Å². The van der Waals surface area contributed by atoms with Crippen LogP contribution in [0.3, 0.4) is 0 Å². The van der Waals surface area contributed by atoms with Crippen LogP contribution in [0.5, 0.6) is 0 Å². The van der Waals surface area contributed by atoms with Crippen LogP contribution in [0.1, 0.15) is 34.8 Å². The van der Waals surface area contributed by atoms with Crippen molar-refractivity contribution in [3.8, 4) is 0 Å². The first-order chi connectivity index (χ1) is 9.61. The van der Waals surface area contributed by atoms with E-state index in [1.807, 2.05) is 6.07 Å². The van der Waals surface area contributed by atoms with Crippen LogP contribution in [-0.4, -0.2) is 23.0 Å². The van der Waals surface area contributed by atoms with Crippen molar-refractivity contribution in [1.82, 2.24) is 5.32 Å². The molecule has 1 unspecified atom stereocenters. The van der Waals surface area contributed by atoms with Crippen molar-refractivity contribution in [2.75, 3.05) is 0 Å². The number of hydrogen-bond donors (Lipinski definition) is 2. The van der Waals surface area contributed by atoms with Gasteiger partial charge in [-0.25, -0.2) is 4.79 Å². The van der Waals surface area contributed by atoms with Gasteiger partial charge in [0, 0.05) is 5.56 Å². The highest BCUT2D eigenvalue weighted by atomic mass is 16.5. The summed E-state index contributed by atoms with van der Waals surface area (Å²) in [6.07, 6.45) is 3.75. The topological polar surface area (TPSA) is 75.6 Å². The first kappa shape index (κ1) is 14.3. The minimum absolute atomic E-state index is 0.269. The molecule has 1 heterocycles. The van der Waals surface area contributed by atoms with E-state index in [4.69, 9.17) is 9.84 Å².